The Kier molecular flexibility index (Phi) is 6.44. The highest BCUT2D eigenvalue weighted by Crippen LogP contribution is 2.21. The zero-order valence-corrected chi connectivity index (χ0v) is 18.6. The van der Waals surface area contributed by atoms with Crippen LogP contribution in [-0.2, 0) is 24.4 Å². The molecule has 11 nitrogen and oxygen atoms in total. The SMILES string of the molecule is CCCCn1c(N)c(N(Cc2ccco2)C(=O)Cn2cnc3ccccc3c2=O)c(=O)[nH]c1=O. The molecule has 176 valence electrons. The highest BCUT2D eigenvalue weighted by Gasteiger charge is 2.26. The normalized spacial score (nSPS) is 11.1. The number of hydrogen-bond donors (Lipinski definition) is 2. The van der Waals surface area contributed by atoms with Gasteiger partial charge in [-0.1, -0.05) is 25.5 Å². The Balaban J connectivity index is 1.78. The van der Waals surface area contributed by atoms with E-state index in [1.165, 1.54) is 17.2 Å². The van der Waals surface area contributed by atoms with Crippen molar-refractivity contribution in [1.82, 2.24) is 19.1 Å². The molecule has 3 heterocycles. The van der Waals surface area contributed by atoms with Gasteiger partial charge in [0.25, 0.3) is 11.1 Å². The van der Waals surface area contributed by atoms with Gasteiger partial charge in [0.05, 0.1) is 30.0 Å². The van der Waals surface area contributed by atoms with Crippen molar-refractivity contribution in [2.24, 2.45) is 0 Å². The van der Waals surface area contributed by atoms with Crippen molar-refractivity contribution in [3.05, 3.63) is 85.9 Å². The number of nitrogen functional groups attached to an aromatic ring is 1. The number of rotatable bonds is 8. The Labute approximate surface area is 193 Å². The third-order valence-corrected chi connectivity index (χ3v) is 5.45. The number of fused-ring (bicyclic) bond motifs is 1. The number of nitrogens with one attached hydrogen (secondary N) is 1. The summed E-state index contributed by atoms with van der Waals surface area (Å²) in [7, 11) is 0. The Morgan fingerprint density at radius 1 is 1.18 bits per heavy atom. The van der Waals surface area contributed by atoms with Crippen LogP contribution in [0.15, 0.2) is 67.8 Å². The van der Waals surface area contributed by atoms with Gasteiger partial charge < -0.3 is 10.2 Å². The molecule has 3 N–H and O–H groups in total. The molecule has 4 aromatic rings. The molecule has 4 rings (SSSR count). The number of para-hydroxylation sites is 1. The van der Waals surface area contributed by atoms with Gasteiger partial charge in [0, 0.05) is 6.54 Å². The van der Waals surface area contributed by atoms with Crippen LogP contribution in [-0.4, -0.2) is 25.0 Å². The quantitative estimate of drug-likeness (QED) is 0.401. The molecule has 34 heavy (non-hydrogen) atoms. The maximum absolute atomic E-state index is 13.4. The molecule has 3 aromatic heterocycles. The van der Waals surface area contributed by atoms with Gasteiger partial charge >= 0.3 is 5.69 Å². The highest BCUT2D eigenvalue weighted by atomic mass is 16.3. The Morgan fingerprint density at radius 2 is 1.97 bits per heavy atom. The lowest BCUT2D eigenvalue weighted by atomic mass is 10.2. The predicted molar refractivity (Wildman–Crippen MR) is 127 cm³/mol. The number of anilines is 2. The smallest absolute Gasteiger partial charge is 0.330 e. The topological polar surface area (TPSA) is 149 Å². The average Bonchev–Trinajstić information content (AvgIpc) is 3.33. The van der Waals surface area contributed by atoms with E-state index in [1.807, 2.05) is 6.92 Å². The summed E-state index contributed by atoms with van der Waals surface area (Å²) in [6.07, 6.45) is 4.17. The summed E-state index contributed by atoms with van der Waals surface area (Å²) in [6.45, 7) is 1.71. The molecule has 1 amide bonds. The maximum atomic E-state index is 13.4. The fourth-order valence-electron chi connectivity index (χ4n) is 3.68. The lowest BCUT2D eigenvalue weighted by Gasteiger charge is -2.24. The van der Waals surface area contributed by atoms with Crippen molar-refractivity contribution in [3.8, 4) is 0 Å². The summed E-state index contributed by atoms with van der Waals surface area (Å²) in [5.41, 5.74) is 4.70. The van der Waals surface area contributed by atoms with Crippen LogP contribution in [0.4, 0.5) is 11.5 Å². The second kappa shape index (κ2) is 9.61. The van der Waals surface area contributed by atoms with Crippen LogP contribution >= 0.6 is 0 Å². The molecule has 0 aliphatic carbocycles. The van der Waals surface area contributed by atoms with E-state index in [9.17, 15) is 19.2 Å². The molecule has 0 fully saturated rings. The fraction of sp³-hybridized carbons (Fsp3) is 0.261. The Morgan fingerprint density at radius 3 is 2.71 bits per heavy atom. The molecule has 0 unspecified atom stereocenters. The van der Waals surface area contributed by atoms with Gasteiger partial charge in [-0.05, 0) is 30.7 Å². The molecule has 0 spiro atoms. The number of hydrogen-bond acceptors (Lipinski definition) is 7. The number of aromatic nitrogens is 4. The first-order chi connectivity index (χ1) is 16.4. The number of carbonyl (C=O) groups is 1. The standard InChI is InChI=1S/C23H24N6O5/c1-2-3-10-28-20(24)19(21(31)26-23(28)33)29(12-15-7-6-11-34-15)18(30)13-27-14-25-17-9-5-4-8-16(17)22(27)32/h4-9,11,14H,2-3,10,12-13,24H2,1H3,(H,26,31,33). The molecule has 0 aliphatic heterocycles. The Hall–Kier alpha value is -4.41. The number of furan rings is 1. The van der Waals surface area contributed by atoms with Gasteiger partial charge in [-0.15, -0.1) is 0 Å². The van der Waals surface area contributed by atoms with E-state index in [0.717, 1.165) is 15.9 Å². The van der Waals surface area contributed by atoms with Gasteiger partial charge in [0.1, 0.15) is 18.1 Å². The number of carbonyl (C=O) groups excluding carboxylic acids is 1. The summed E-state index contributed by atoms with van der Waals surface area (Å²) in [6, 6.07) is 10.1. The molecule has 0 saturated carbocycles. The number of aromatic amines is 1. The van der Waals surface area contributed by atoms with Crippen LogP contribution in [0.2, 0.25) is 0 Å². The first-order valence-corrected chi connectivity index (χ1v) is 10.8. The summed E-state index contributed by atoms with van der Waals surface area (Å²) in [4.78, 5) is 59.1. The maximum Gasteiger partial charge on any atom is 0.330 e. The van der Waals surface area contributed by atoms with Crippen molar-refractivity contribution in [3.63, 3.8) is 0 Å². The van der Waals surface area contributed by atoms with Gasteiger partial charge in [-0.3, -0.25) is 33.4 Å². The third kappa shape index (κ3) is 4.40. The van der Waals surface area contributed by atoms with Crippen LogP contribution in [0.3, 0.4) is 0 Å². The van der Waals surface area contributed by atoms with E-state index < -0.39 is 29.3 Å². The number of nitrogens with two attached hydrogens (primary N) is 1. The second-order valence-corrected chi connectivity index (χ2v) is 7.75. The van der Waals surface area contributed by atoms with Gasteiger partial charge in [0.15, 0.2) is 5.69 Å². The number of H-pyrrole nitrogens is 1. The predicted octanol–water partition coefficient (Wildman–Crippen LogP) is 1.46. The van der Waals surface area contributed by atoms with Crippen LogP contribution < -0.4 is 27.4 Å². The zero-order valence-electron chi connectivity index (χ0n) is 18.6. The summed E-state index contributed by atoms with van der Waals surface area (Å²) in [5.74, 6) is -0.345. The van der Waals surface area contributed by atoms with Crippen LogP contribution in [0.1, 0.15) is 25.5 Å². The molecular formula is C23H24N6O5. The molecule has 1 aromatic carbocycles. The minimum Gasteiger partial charge on any atom is -0.467 e. The van der Waals surface area contributed by atoms with E-state index >= 15 is 0 Å². The summed E-state index contributed by atoms with van der Waals surface area (Å²) >= 11 is 0. The molecule has 0 saturated heterocycles. The number of nitrogens with zero attached hydrogens (tertiary/aromatic N) is 4. The summed E-state index contributed by atoms with van der Waals surface area (Å²) < 4.78 is 7.76. The molecule has 11 heteroatoms. The molecular weight excluding hydrogens is 440 g/mol. The number of benzene rings is 1. The van der Waals surface area contributed by atoms with Crippen LogP contribution in [0, 0.1) is 0 Å². The van der Waals surface area contributed by atoms with Crippen molar-refractivity contribution >= 4 is 28.3 Å². The monoisotopic (exact) mass is 464 g/mol. The minimum absolute atomic E-state index is 0.124. The van der Waals surface area contributed by atoms with E-state index in [2.05, 4.69) is 9.97 Å². The highest BCUT2D eigenvalue weighted by molar-refractivity contribution is 5.95. The third-order valence-electron chi connectivity index (χ3n) is 5.45. The number of amides is 1. The van der Waals surface area contributed by atoms with Crippen molar-refractivity contribution < 1.29 is 9.21 Å². The van der Waals surface area contributed by atoms with Crippen molar-refractivity contribution in [2.45, 2.75) is 39.4 Å². The molecule has 0 radical (unpaired) electrons. The first kappa shape index (κ1) is 22.8. The Bertz CT molecular complexity index is 1500. The molecule has 0 aliphatic rings. The van der Waals surface area contributed by atoms with Crippen molar-refractivity contribution in [1.29, 1.82) is 0 Å². The van der Waals surface area contributed by atoms with Gasteiger partial charge in [-0.25, -0.2) is 9.78 Å². The van der Waals surface area contributed by atoms with Gasteiger partial charge in [-0.2, -0.15) is 0 Å². The summed E-state index contributed by atoms with van der Waals surface area (Å²) in [5, 5.41) is 0.362. The second-order valence-electron chi connectivity index (χ2n) is 7.75. The van der Waals surface area contributed by atoms with E-state index in [0.29, 0.717) is 23.1 Å². The largest absolute Gasteiger partial charge is 0.467 e. The van der Waals surface area contributed by atoms with Gasteiger partial charge in [0.2, 0.25) is 5.91 Å². The van der Waals surface area contributed by atoms with E-state index in [-0.39, 0.29) is 24.6 Å². The average molecular weight is 464 g/mol. The van der Waals surface area contributed by atoms with Crippen LogP contribution in [0.25, 0.3) is 10.9 Å². The number of unbranched alkanes of at least 4 members (excludes halogenated alkanes) is 1. The lowest BCUT2D eigenvalue weighted by Crippen LogP contribution is -2.43. The van der Waals surface area contributed by atoms with Crippen LogP contribution in [0.5, 0.6) is 0 Å². The van der Waals surface area contributed by atoms with E-state index in [4.69, 9.17) is 10.2 Å². The van der Waals surface area contributed by atoms with Crippen molar-refractivity contribution in [2.75, 3.05) is 10.6 Å². The molecule has 0 atom stereocenters. The van der Waals surface area contributed by atoms with E-state index in [1.54, 1.807) is 36.4 Å². The molecule has 0 bridgehead atoms. The zero-order chi connectivity index (χ0) is 24.2. The minimum atomic E-state index is -0.806. The first-order valence-electron chi connectivity index (χ1n) is 10.8. The fourth-order valence-corrected chi connectivity index (χ4v) is 3.68. The lowest BCUT2D eigenvalue weighted by molar-refractivity contribution is -0.119.